The maximum Gasteiger partial charge on any atom is 0.0387 e. The Morgan fingerprint density at radius 2 is 0.674 bits per heavy atom. The minimum atomic E-state index is -0.101. The summed E-state index contributed by atoms with van der Waals surface area (Å²) in [6.07, 6.45) is 0. The Kier molecular flexibility index (Phi) is 6.88. The van der Waals surface area contributed by atoms with Gasteiger partial charge in [-0.15, -0.1) is 0 Å². The van der Waals surface area contributed by atoms with E-state index in [4.69, 9.17) is 0 Å². The molecule has 1 aliphatic carbocycles. The molecule has 0 aromatic heterocycles. The summed E-state index contributed by atoms with van der Waals surface area (Å²) in [5.74, 6) is 0. The molecule has 0 saturated carbocycles. The van der Waals surface area contributed by atoms with Crippen LogP contribution in [-0.2, 0) is 5.41 Å². The molecule has 7 aromatic rings. The molecule has 0 amide bonds. The molecule has 220 valence electrons. The fourth-order valence-electron chi connectivity index (χ4n) is 6.88. The Morgan fingerprint density at radius 1 is 0.326 bits per heavy atom. The van der Waals surface area contributed by atoms with Gasteiger partial charge in [-0.1, -0.05) is 153 Å². The van der Waals surface area contributed by atoms with E-state index >= 15 is 0 Å². The molecule has 0 spiro atoms. The predicted octanol–water partition coefficient (Wildman–Crippen LogP) is 12.4. The van der Waals surface area contributed by atoms with Gasteiger partial charge in [0, 0.05) is 16.8 Å². The first-order valence-electron chi connectivity index (χ1n) is 16.0. The zero-order chi connectivity index (χ0) is 31.1. The van der Waals surface area contributed by atoms with Gasteiger partial charge in [0.05, 0.1) is 0 Å². The van der Waals surface area contributed by atoms with Crippen LogP contribution in [0.1, 0.15) is 25.0 Å². The molecular weight excluding hydrogens is 555 g/mol. The smallest absolute Gasteiger partial charge is 0.0387 e. The third kappa shape index (κ3) is 5.10. The molecule has 0 fully saturated rings. The van der Waals surface area contributed by atoms with Gasteiger partial charge in [0.2, 0.25) is 0 Å². The van der Waals surface area contributed by atoms with E-state index in [2.05, 4.69) is 189 Å². The highest BCUT2D eigenvalue weighted by Crippen LogP contribution is 2.50. The van der Waals surface area contributed by atoms with Crippen LogP contribution < -0.4 is 5.32 Å². The zero-order valence-electron chi connectivity index (χ0n) is 26.2. The molecule has 0 atom stereocenters. The van der Waals surface area contributed by atoms with E-state index in [1.807, 2.05) is 0 Å². The van der Waals surface area contributed by atoms with Gasteiger partial charge in [0.15, 0.2) is 0 Å². The molecule has 46 heavy (non-hydrogen) atoms. The second-order valence-electron chi connectivity index (χ2n) is 12.7. The van der Waals surface area contributed by atoms with Crippen LogP contribution in [0, 0.1) is 0 Å². The summed E-state index contributed by atoms with van der Waals surface area (Å²) in [7, 11) is 0. The third-order valence-electron chi connectivity index (χ3n) is 9.50. The van der Waals surface area contributed by atoms with E-state index in [-0.39, 0.29) is 5.41 Å². The van der Waals surface area contributed by atoms with Gasteiger partial charge in [-0.25, -0.2) is 0 Å². The molecule has 1 nitrogen and oxygen atoms in total. The lowest BCUT2D eigenvalue weighted by Gasteiger charge is -2.23. The Balaban J connectivity index is 1.02. The molecule has 8 rings (SSSR count). The van der Waals surface area contributed by atoms with E-state index < -0.39 is 0 Å². The lowest BCUT2D eigenvalue weighted by molar-refractivity contribution is 0.661. The van der Waals surface area contributed by atoms with Gasteiger partial charge < -0.3 is 5.32 Å². The van der Waals surface area contributed by atoms with Gasteiger partial charge >= 0.3 is 0 Å². The molecule has 0 unspecified atom stereocenters. The van der Waals surface area contributed by atoms with Crippen molar-refractivity contribution in [1.82, 2.24) is 0 Å². The zero-order valence-corrected chi connectivity index (χ0v) is 26.2. The molecule has 7 aromatic carbocycles. The number of hydrogen-bond acceptors (Lipinski definition) is 1. The first-order valence-corrected chi connectivity index (χ1v) is 16.0. The number of fused-ring (bicyclic) bond motifs is 3. The average Bonchev–Trinajstić information content (AvgIpc) is 3.34. The maximum atomic E-state index is 3.64. The second-order valence-corrected chi connectivity index (χ2v) is 12.7. The highest BCUT2D eigenvalue weighted by molar-refractivity contribution is 5.86. The third-order valence-corrected chi connectivity index (χ3v) is 9.50. The first kappa shape index (κ1) is 27.9. The average molecular weight is 590 g/mol. The highest BCUT2D eigenvalue weighted by Gasteiger charge is 2.35. The number of nitrogens with one attached hydrogen (secondary N) is 1. The van der Waals surface area contributed by atoms with Crippen molar-refractivity contribution in [2.45, 2.75) is 19.3 Å². The molecule has 0 saturated heterocycles. The standard InChI is InChI=1S/C45H35N/c1-45(2)43-29-38(37-19-17-35(18-20-37)34-15-13-33(14-16-34)31-9-5-3-6-10-31)23-27-41(43)42-28-26-40(30-44(42)45)46-39-24-21-36(22-25-39)32-11-7-4-8-12-32/h3-30,46H,1-2H3. The predicted molar refractivity (Wildman–Crippen MR) is 195 cm³/mol. The van der Waals surface area contributed by atoms with Crippen LogP contribution in [0.5, 0.6) is 0 Å². The van der Waals surface area contributed by atoms with E-state index in [1.165, 1.54) is 66.8 Å². The number of benzene rings is 7. The Morgan fingerprint density at radius 3 is 1.17 bits per heavy atom. The quantitative estimate of drug-likeness (QED) is 0.203. The summed E-state index contributed by atoms with van der Waals surface area (Å²) in [4.78, 5) is 0. The van der Waals surface area contributed by atoms with Gasteiger partial charge in [0.25, 0.3) is 0 Å². The van der Waals surface area contributed by atoms with Crippen molar-refractivity contribution < 1.29 is 0 Å². The van der Waals surface area contributed by atoms with Crippen molar-refractivity contribution in [1.29, 1.82) is 0 Å². The molecule has 0 aliphatic heterocycles. The van der Waals surface area contributed by atoms with Gasteiger partial charge in [-0.3, -0.25) is 0 Å². The fourth-order valence-corrected chi connectivity index (χ4v) is 6.88. The van der Waals surface area contributed by atoms with Crippen LogP contribution in [0.25, 0.3) is 55.6 Å². The normalized spacial score (nSPS) is 12.7. The van der Waals surface area contributed by atoms with Gasteiger partial charge in [-0.2, -0.15) is 0 Å². The number of rotatable bonds is 6. The number of hydrogen-bond donors (Lipinski definition) is 1. The van der Waals surface area contributed by atoms with E-state index in [9.17, 15) is 0 Å². The summed E-state index contributed by atoms with van der Waals surface area (Å²) in [5, 5.41) is 3.64. The topological polar surface area (TPSA) is 12.0 Å². The monoisotopic (exact) mass is 589 g/mol. The van der Waals surface area contributed by atoms with Crippen LogP contribution in [0.15, 0.2) is 170 Å². The number of anilines is 2. The molecule has 0 bridgehead atoms. The fraction of sp³-hybridized carbons (Fsp3) is 0.0667. The minimum Gasteiger partial charge on any atom is -0.356 e. The summed E-state index contributed by atoms with van der Waals surface area (Å²) in [5.41, 5.74) is 17.4. The van der Waals surface area contributed by atoms with E-state index in [0.717, 1.165) is 11.4 Å². The van der Waals surface area contributed by atoms with Crippen molar-refractivity contribution in [2.75, 3.05) is 5.32 Å². The van der Waals surface area contributed by atoms with E-state index in [0.29, 0.717) is 0 Å². The van der Waals surface area contributed by atoms with Crippen molar-refractivity contribution in [3.63, 3.8) is 0 Å². The summed E-state index contributed by atoms with van der Waals surface area (Å²) in [6, 6.07) is 61.4. The Bertz CT molecular complexity index is 2140. The van der Waals surface area contributed by atoms with Crippen molar-refractivity contribution in [3.8, 4) is 55.6 Å². The Hall–Kier alpha value is -5.66. The molecule has 1 heteroatoms. The Labute approximate surface area is 271 Å². The second kappa shape index (κ2) is 11.4. The largest absolute Gasteiger partial charge is 0.356 e. The highest BCUT2D eigenvalue weighted by atomic mass is 14.9. The lowest BCUT2D eigenvalue weighted by atomic mass is 9.81. The lowest BCUT2D eigenvalue weighted by Crippen LogP contribution is -2.15. The molecule has 1 N–H and O–H groups in total. The van der Waals surface area contributed by atoms with Crippen LogP contribution in [0.2, 0.25) is 0 Å². The van der Waals surface area contributed by atoms with Crippen LogP contribution >= 0.6 is 0 Å². The summed E-state index contributed by atoms with van der Waals surface area (Å²) < 4.78 is 0. The van der Waals surface area contributed by atoms with Gasteiger partial charge in [-0.05, 0) is 97.1 Å². The SMILES string of the molecule is CC1(C)c2cc(Nc3ccc(-c4ccccc4)cc3)ccc2-c2ccc(-c3ccc(-c4ccc(-c5ccccc5)cc4)cc3)cc21. The van der Waals surface area contributed by atoms with Crippen LogP contribution in [0.4, 0.5) is 11.4 Å². The molecular formula is C45H35N. The van der Waals surface area contributed by atoms with Crippen LogP contribution in [-0.4, -0.2) is 0 Å². The minimum absolute atomic E-state index is 0.101. The first-order chi connectivity index (χ1) is 22.5. The molecule has 0 radical (unpaired) electrons. The van der Waals surface area contributed by atoms with Gasteiger partial charge in [0.1, 0.15) is 0 Å². The van der Waals surface area contributed by atoms with Crippen molar-refractivity contribution in [3.05, 3.63) is 181 Å². The summed E-state index contributed by atoms with van der Waals surface area (Å²) >= 11 is 0. The summed E-state index contributed by atoms with van der Waals surface area (Å²) in [6.45, 7) is 4.70. The van der Waals surface area contributed by atoms with Crippen LogP contribution in [0.3, 0.4) is 0 Å². The molecule has 0 heterocycles. The van der Waals surface area contributed by atoms with Crippen molar-refractivity contribution in [2.24, 2.45) is 0 Å². The van der Waals surface area contributed by atoms with Crippen molar-refractivity contribution >= 4 is 11.4 Å². The molecule has 1 aliphatic rings. The van der Waals surface area contributed by atoms with E-state index in [1.54, 1.807) is 0 Å². The maximum absolute atomic E-state index is 3.64.